The number of halogens is 2. The zero-order valence-electron chi connectivity index (χ0n) is 10.2. The van der Waals surface area contributed by atoms with Crippen LogP contribution in [0.4, 0.5) is 0 Å². The van der Waals surface area contributed by atoms with Crippen LogP contribution in [0.15, 0.2) is 48.5 Å². The minimum Gasteiger partial charge on any atom is -0.348 e. The van der Waals surface area contributed by atoms with Crippen LogP contribution in [0.25, 0.3) is 0 Å². The van der Waals surface area contributed by atoms with E-state index >= 15 is 0 Å². The Morgan fingerprint density at radius 3 is 2.37 bits per heavy atom. The first-order valence-corrected chi connectivity index (χ1v) is 6.78. The van der Waals surface area contributed by atoms with Crippen LogP contribution >= 0.6 is 23.2 Å². The third-order valence-corrected chi connectivity index (χ3v) is 3.44. The smallest absolute Gasteiger partial charge is 0.251 e. The van der Waals surface area contributed by atoms with Crippen LogP contribution in [-0.2, 0) is 12.4 Å². The SMILES string of the molecule is O=C(NCc1ccccc1Cl)c1ccc(CCl)cc1. The highest BCUT2D eigenvalue weighted by Crippen LogP contribution is 2.14. The van der Waals surface area contributed by atoms with E-state index in [1.807, 2.05) is 30.3 Å². The van der Waals surface area contributed by atoms with Crippen molar-refractivity contribution >= 4 is 29.1 Å². The fraction of sp³-hybridized carbons (Fsp3) is 0.133. The first-order chi connectivity index (χ1) is 9.20. The number of carbonyl (C=O) groups excluding carboxylic acids is 1. The minimum absolute atomic E-state index is 0.124. The molecule has 0 aromatic heterocycles. The summed E-state index contributed by atoms with van der Waals surface area (Å²) >= 11 is 11.7. The fourth-order valence-corrected chi connectivity index (χ4v) is 2.05. The van der Waals surface area contributed by atoms with E-state index in [-0.39, 0.29) is 5.91 Å². The number of hydrogen-bond donors (Lipinski definition) is 1. The molecule has 0 radical (unpaired) electrons. The van der Waals surface area contributed by atoms with E-state index in [1.165, 1.54) is 0 Å². The van der Waals surface area contributed by atoms with E-state index in [9.17, 15) is 4.79 Å². The molecule has 2 nitrogen and oxygen atoms in total. The highest BCUT2D eigenvalue weighted by atomic mass is 35.5. The van der Waals surface area contributed by atoms with Gasteiger partial charge in [-0.25, -0.2) is 0 Å². The normalized spacial score (nSPS) is 10.2. The van der Waals surface area contributed by atoms with Crippen LogP contribution in [0.1, 0.15) is 21.5 Å². The molecule has 0 aliphatic carbocycles. The first-order valence-electron chi connectivity index (χ1n) is 5.87. The van der Waals surface area contributed by atoms with E-state index in [4.69, 9.17) is 23.2 Å². The van der Waals surface area contributed by atoms with Crippen molar-refractivity contribution in [1.29, 1.82) is 0 Å². The lowest BCUT2D eigenvalue weighted by atomic mass is 10.1. The first kappa shape index (κ1) is 13.9. The molecule has 2 rings (SSSR count). The number of rotatable bonds is 4. The molecule has 0 saturated heterocycles. The molecule has 2 aromatic rings. The summed E-state index contributed by atoms with van der Waals surface area (Å²) in [5.74, 6) is 0.322. The van der Waals surface area contributed by atoms with Crippen molar-refractivity contribution in [2.75, 3.05) is 0 Å². The van der Waals surface area contributed by atoms with Crippen molar-refractivity contribution in [1.82, 2.24) is 5.32 Å². The molecule has 4 heteroatoms. The molecule has 19 heavy (non-hydrogen) atoms. The summed E-state index contributed by atoms with van der Waals surface area (Å²) in [7, 11) is 0. The van der Waals surface area contributed by atoms with Gasteiger partial charge in [0, 0.05) is 23.0 Å². The Balaban J connectivity index is 1.99. The summed E-state index contributed by atoms with van der Waals surface area (Å²) in [6.07, 6.45) is 0. The lowest BCUT2D eigenvalue weighted by molar-refractivity contribution is 0.0951. The van der Waals surface area contributed by atoms with Gasteiger partial charge in [0.25, 0.3) is 5.91 Å². The number of carbonyl (C=O) groups is 1. The molecule has 0 atom stereocenters. The topological polar surface area (TPSA) is 29.1 Å². The molecule has 0 fully saturated rings. The summed E-state index contributed by atoms with van der Waals surface area (Å²) in [4.78, 5) is 11.9. The Morgan fingerprint density at radius 2 is 1.74 bits per heavy atom. The molecular weight excluding hydrogens is 281 g/mol. The zero-order valence-corrected chi connectivity index (χ0v) is 11.7. The van der Waals surface area contributed by atoms with Crippen LogP contribution in [0.5, 0.6) is 0 Å². The van der Waals surface area contributed by atoms with Gasteiger partial charge in [0.2, 0.25) is 0 Å². The minimum atomic E-state index is -0.124. The van der Waals surface area contributed by atoms with Gasteiger partial charge in [-0.1, -0.05) is 41.9 Å². The standard InChI is InChI=1S/C15H13Cl2NO/c16-9-11-5-7-12(8-6-11)15(19)18-10-13-3-1-2-4-14(13)17/h1-8H,9-10H2,(H,18,19). The van der Waals surface area contributed by atoms with Crippen LogP contribution in [0, 0.1) is 0 Å². The molecular formula is C15H13Cl2NO. The van der Waals surface area contributed by atoms with Gasteiger partial charge < -0.3 is 5.32 Å². The predicted octanol–water partition coefficient (Wildman–Crippen LogP) is 4.01. The monoisotopic (exact) mass is 293 g/mol. The number of benzene rings is 2. The highest BCUT2D eigenvalue weighted by molar-refractivity contribution is 6.31. The second-order valence-electron chi connectivity index (χ2n) is 4.10. The molecule has 0 saturated carbocycles. The van der Waals surface area contributed by atoms with Gasteiger partial charge in [-0.05, 0) is 29.3 Å². The number of hydrogen-bond acceptors (Lipinski definition) is 1. The third kappa shape index (κ3) is 3.72. The second kappa shape index (κ2) is 6.60. The van der Waals surface area contributed by atoms with E-state index in [2.05, 4.69) is 5.32 Å². The Hall–Kier alpha value is -1.51. The Labute approximate surface area is 122 Å². The molecule has 0 unspecified atom stereocenters. The van der Waals surface area contributed by atoms with Crippen molar-refractivity contribution < 1.29 is 4.79 Å². The number of amides is 1. The number of nitrogens with one attached hydrogen (secondary N) is 1. The van der Waals surface area contributed by atoms with Crippen molar-refractivity contribution in [2.45, 2.75) is 12.4 Å². The summed E-state index contributed by atoms with van der Waals surface area (Å²) < 4.78 is 0. The molecule has 2 aromatic carbocycles. The maximum absolute atomic E-state index is 11.9. The average molecular weight is 294 g/mol. The van der Waals surface area contributed by atoms with Gasteiger partial charge in [0.15, 0.2) is 0 Å². The van der Waals surface area contributed by atoms with Crippen LogP contribution in [-0.4, -0.2) is 5.91 Å². The highest BCUT2D eigenvalue weighted by Gasteiger charge is 2.06. The second-order valence-corrected chi connectivity index (χ2v) is 4.78. The molecule has 0 bridgehead atoms. The van der Waals surface area contributed by atoms with Crippen LogP contribution in [0.3, 0.4) is 0 Å². The van der Waals surface area contributed by atoms with Crippen LogP contribution < -0.4 is 5.32 Å². The maximum Gasteiger partial charge on any atom is 0.251 e. The Morgan fingerprint density at radius 1 is 1.05 bits per heavy atom. The lowest BCUT2D eigenvalue weighted by Gasteiger charge is -2.07. The van der Waals surface area contributed by atoms with Gasteiger partial charge in [-0.3, -0.25) is 4.79 Å². The summed E-state index contributed by atoms with van der Waals surface area (Å²) in [5.41, 5.74) is 2.50. The molecule has 0 heterocycles. The van der Waals surface area contributed by atoms with Crippen LogP contribution in [0.2, 0.25) is 5.02 Å². The van der Waals surface area contributed by atoms with Gasteiger partial charge in [0.05, 0.1) is 0 Å². The molecule has 1 N–H and O–H groups in total. The maximum atomic E-state index is 11.9. The van der Waals surface area contributed by atoms with Crippen molar-refractivity contribution in [3.8, 4) is 0 Å². The van der Waals surface area contributed by atoms with Gasteiger partial charge in [-0.15, -0.1) is 11.6 Å². The molecule has 98 valence electrons. The van der Waals surface area contributed by atoms with Crippen molar-refractivity contribution in [2.24, 2.45) is 0 Å². The quantitative estimate of drug-likeness (QED) is 0.848. The van der Waals surface area contributed by atoms with Crippen molar-refractivity contribution in [3.63, 3.8) is 0 Å². The largest absolute Gasteiger partial charge is 0.348 e. The van der Waals surface area contributed by atoms with E-state index in [0.717, 1.165) is 11.1 Å². The van der Waals surface area contributed by atoms with Gasteiger partial charge in [-0.2, -0.15) is 0 Å². The van der Waals surface area contributed by atoms with E-state index in [1.54, 1.807) is 18.2 Å². The fourth-order valence-electron chi connectivity index (χ4n) is 1.66. The molecule has 0 aliphatic heterocycles. The Bertz CT molecular complexity index is 567. The average Bonchev–Trinajstić information content (AvgIpc) is 2.46. The number of alkyl halides is 1. The third-order valence-electron chi connectivity index (χ3n) is 2.77. The molecule has 0 spiro atoms. The lowest BCUT2D eigenvalue weighted by Crippen LogP contribution is -2.22. The van der Waals surface area contributed by atoms with Gasteiger partial charge in [0.1, 0.15) is 0 Å². The Kier molecular flexibility index (Phi) is 4.83. The summed E-state index contributed by atoms with van der Waals surface area (Å²) in [6.45, 7) is 0.412. The van der Waals surface area contributed by atoms with Gasteiger partial charge >= 0.3 is 0 Å². The zero-order chi connectivity index (χ0) is 13.7. The van der Waals surface area contributed by atoms with E-state index < -0.39 is 0 Å². The predicted molar refractivity (Wildman–Crippen MR) is 78.6 cm³/mol. The van der Waals surface area contributed by atoms with E-state index in [0.29, 0.717) is 23.0 Å². The summed E-state index contributed by atoms with van der Waals surface area (Å²) in [6, 6.07) is 14.7. The summed E-state index contributed by atoms with van der Waals surface area (Å²) in [5, 5.41) is 3.49. The molecule has 1 amide bonds. The molecule has 0 aliphatic rings. The van der Waals surface area contributed by atoms with Crippen molar-refractivity contribution in [3.05, 3.63) is 70.2 Å².